The van der Waals surface area contributed by atoms with Gasteiger partial charge in [-0.05, 0) is 12.8 Å². The molecule has 0 aromatic rings. The van der Waals surface area contributed by atoms with E-state index in [2.05, 4.69) is 13.8 Å². The quantitative estimate of drug-likeness (QED) is 0.475. The van der Waals surface area contributed by atoms with Crippen molar-refractivity contribution in [1.29, 1.82) is 0 Å². The highest BCUT2D eigenvalue weighted by Gasteiger charge is 2.00. The van der Waals surface area contributed by atoms with E-state index < -0.39 is 0 Å². The fourth-order valence-corrected chi connectivity index (χ4v) is 1.28. The van der Waals surface area contributed by atoms with E-state index in [9.17, 15) is 5.11 Å². The zero-order chi connectivity index (χ0) is 8.53. The van der Waals surface area contributed by atoms with Gasteiger partial charge < -0.3 is 5.11 Å². The third kappa shape index (κ3) is 10.7. The molecule has 0 aliphatic carbocycles. The summed E-state index contributed by atoms with van der Waals surface area (Å²) in [5.74, 6) is 0. The van der Waals surface area contributed by atoms with Crippen molar-refractivity contribution >= 4 is 23.1 Å². The summed E-state index contributed by atoms with van der Waals surface area (Å²) in [6.07, 6.45) is 8.15. The van der Waals surface area contributed by atoms with Crippen LogP contribution in [-0.2, 0) is 0 Å². The lowest BCUT2D eigenvalue weighted by Gasteiger charge is -2.07. The first kappa shape index (κ1) is 15.2. The molecule has 0 radical (unpaired) electrons. The molecule has 0 aromatic heterocycles. The minimum Gasteiger partial charge on any atom is -0.393 e. The molecule has 0 aliphatic rings. The van der Waals surface area contributed by atoms with Gasteiger partial charge in [0, 0.05) is 0 Å². The normalized spacial score (nSPS) is 12.2. The molecule has 0 fully saturated rings. The van der Waals surface area contributed by atoms with E-state index in [1.54, 1.807) is 0 Å². The van der Waals surface area contributed by atoms with E-state index in [4.69, 9.17) is 0 Å². The molecule has 0 heterocycles. The standard InChI is InChI=1S/C10H22O.Mg.2H/c1-3-5-6-7-9-10(11)8-4-2;;;/h10-11H,3-9H2,1-2H3;;;. The number of aliphatic hydroxyl groups is 1. The monoisotopic (exact) mass is 184 g/mol. The minimum atomic E-state index is -0.0307. The van der Waals surface area contributed by atoms with Gasteiger partial charge in [-0.2, -0.15) is 0 Å². The third-order valence-corrected chi connectivity index (χ3v) is 2.01. The third-order valence-electron chi connectivity index (χ3n) is 2.01. The summed E-state index contributed by atoms with van der Waals surface area (Å²) >= 11 is 0. The zero-order valence-corrected chi connectivity index (χ0v) is 7.97. The molecule has 1 atom stereocenters. The lowest BCUT2D eigenvalue weighted by Crippen LogP contribution is -2.04. The second-order valence-electron chi connectivity index (χ2n) is 3.29. The van der Waals surface area contributed by atoms with Gasteiger partial charge in [0.2, 0.25) is 0 Å². The number of hydrogen-bond donors (Lipinski definition) is 1. The summed E-state index contributed by atoms with van der Waals surface area (Å²) in [6, 6.07) is 0. The molecule has 72 valence electrons. The summed E-state index contributed by atoms with van der Waals surface area (Å²) in [4.78, 5) is 0. The molecule has 0 rings (SSSR count). The highest BCUT2D eigenvalue weighted by Crippen LogP contribution is 2.08. The van der Waals surface area contributed by atoms with Crippen molar-refractivity contribution in [2.45, 2.75) is 64.9 Å². The first-order chi connectivity index (χ1) is 5.31. The number of rotatable bonds is 7. The number of aliphatic hydroxyl groups excluding tert-OH is 1. The van der Waals surface area contributed by atoms with E-state index in [-0.39, 0.29) is 29.2 Å². The molecule has 1 N–H and O–H groups in total. The maximum Gasteiger partial charge on any atom is 0.316 e. The van der Waals surface area contributed by atoms with Gasteiger partial charge in [0.05, 0.1) is 6.10 Å². The van der Waals surface area contributed by atoms with Crippen LogP contribution in [0.3, 0.4) is 0 Å². The van der Waals surface area contributed by atoms with Crippen molar-refractivity contribution in [2.24, 2.45) is 0 Å². The van der Waals surface area contributed by atoms with E-state index in [1.165, 1.54) is 25.7 Å². The molecule has 0 aromatic carbocycles. The summed E-state index contributed by atoms with van der Waals surface area (Å²) in [7, 11) is 0. The molecule has 1 unspecified atom stereocenters. The maximum atomic E-state index is 9.35. The van der Waals surface area contributed by atoms with Crippen LogP contribution in [0.4, 0.5) is 0 Å². The summed E-state index contributed by atoms with van der Waals surface area (Å²) in [5, 5.41) is 9.35. The first-order valence-electron chi connectivity index (χ1n) is 4.99. The minimum absolute atomic E-state index is 0. The van der Waals surface area contributed by atoms with Gasteiger partial charge in [0.1, 0.15) is 0 Å². The van der Waals surface area contributed by atoms with Crippen LogP contribution in [0.15, 0.2) is 0 Å². The Balaban J connectivity index is 0. The molecule has 0 saturated carbocycles. The van der Waals surface area contributed by atoms with Gasteiger partial charge in [-0.3, -0.25) is 0 Å². The van der Waals surface area contributed by atoms with Crippen molar-refractivity contribution in [2.75, 3.05) is 0 Å². The van der Waals surface area contributed by atoms with Gasteiger partial charge in [-0.15, -0.1) is 0 Å². The van der Waals surface area contributed by atoms with Crippen LogP contribution in [-0.4, -0.2) is 34.3 Å². The second-order valence-corrected chi connectivity index (χ2v) is 3.29. The van der Waals surface area contributed by atoms with Gasteiger partial charge in [-0.1, -0.05) is 46.0 Å². The topological polar surface area (TPSA) is 20.2 Å². The molecule has 1 nitrogen and oxygen atoms in total. The van der Waals surface area contributed by atoms with Crippen LogP contribution >= 0.6 is 0 Å². The maximum absolute atomic E-state index is 9.35. The lowest BCUT2D eigenvalue weighted by molar-refractivity contribution is 0.150. The molecular weight excluding hydrogens is 160 g/mol. The van der Waals surface area contributed by atoms with E-state index >= 15 is 0 Å². The number of unbranched alkanes of at least 4 members (excludes halogenated alkanes) is 3. The second kappa shape index (κ2) is 11.7. The largest absolute Gasteiger partial charge is 0.393 e. The molecule has 0 bridgehead atoms. The fourth-order valence-electron chi connectivity index (χ4n) is 1.28. The molecule has 12 heavy (non-hydrogen) atoms. The van der Waals surface area contributed by atoms with Gasteiger partial charge in [-0.25, -0.2) is 0 Å². The lowest BCUT2D eigenvalue weighted by atomic mass is 10.1. The van der Waals surface area contributed by atoms with Crippen molar-refractivity contribution in [3.8, 4) is 0 Å². The van der Waals surface area contributed by atoms with Crippen LogP contribution in [0.1, 0.15) is 58.8 Å². The molecular formula is C10H24MgO. The zero-order valence-electron chi connectivity index (χ0n) is 7.97. The van der Waals surface area contributed by atoms with Crippen LogP contribution < -0.4 is 0 Å². The van der Waals surface area contributed by atoms with Crippen molar-refractivity contribution in [3.05, 3.63) is 0 Å². The summed E-state index contributed by atoms with van der Waals surface area (Å²) in [5.41, 5.74) is 0. The van der Waals surface area contributed by atoms with Crippen LogP contribution in [0, 0.1) is 0 Å². The predicted molar refractivity (Wildman–Crippen MR) is 58.2 cm³/mol. The molecule has 2 heteroatoms. The predicted octanol–water partition coefficient (Wildman–Crippen LogP) is 2.20. The van der Waals surface area contributed by atoms with Gasteiger partial charge in [0.15, 0.2) is 0 Å². The van der Waals surface area contributed by atoms with Crippen molar-refractivity contribution < 1.29 is 5.11 Å². The Morgan fingerprint density at radius 3 is 2.08 bits per heavy atom. The molecule has 0 spiro atoms. The average Bonchev–Trinajstić information content (AvgIpc) is 1.99. The highest BCUT2D eigenvalue weighted by atomic mass is 24.3. The smallest absolute Gasteiger partial charge is 0.316 e. The SMILES string of the molecule is CCCCCCC(O)CCC.[MgH2]. The fraction of sp³-hybridized carbons (Fsp3) is 1.00. The van der Waals surface area contributed by atoms with Crippen molar-refractivity contribution in [1.82, 2.24) is 0 Å². The van der Waals surface area contributed by atoms with Gasteiger partial charge in [0.25, 0.3) is 0 Å². The Labute approximate surface area is 93.1 Å². The van der Waals surface area contributed by atoms with E-state index in [0.29, 0.717) is 0 Å². The summed E-state index contributed by atoms with van der Waals surface area (Å²) < 4.78 is 0. The Bertz CT molecular complexity index is 76.2. The Hall–Kier alpha value is 0.726. The van der Waals surface area contributed by atoms with Gasteiger partial charge >= 0.3 is 23.1 Å². The Morgan fingerprint density at radius 2 is 1.58 bits per heavy atom. The average molecular weight is 185 g/mol. The van der Waals surface area contributed by atoms with E-state index in [0.717, 1.165) is 19.3 Å². The molecule has 0 amide bonds. The Kier molecular flexibility index (Phi) is 14.9. The Morgan fingerprint density at radius 1 is 0.917 bits per heavy atom. The highest BCUT2D eigenvalue weighted by molar-refractivity contribution is 5.75. The van der Waals surface area contributed by atoms with Crippen LogP contribution in [0.25, 0.3) is 0 Å². The van der Waals surface area contributed by atoms with Crippen LogP contribution in [0.5, 0.6) is 0 Å². The molecule has 0 saturated heterocycles. The summed E-state index contributed by atoms with van der Waals surface area (Å²) in [6.45, 7) is 4.33. The van der Waals surface area contributed by atoms with E-state index in [1.807, 2.05) is 0 Å². The van der Waals surface area contributed by atoms with Crippen LogP contribution in [0.2, 0.25) is 0 Å². The van der Waals surface area contributed by atoms with Crippen molar-refractivity contribution in [3.63, 3.8) is 0 Å². The first-order valence-corrected chi connectivity index (χ1v) is 4.99. The molecule has 0 aliphatic heterocycles. The number of hydrogen-bond acceptors (Lipinski definition) is 1.